The molecule has 0 aliphatic rings. The molecule has 0 amide bonds. The Morgan fingerprint density at radius 2 is 0.643 bits per heavy atom. The van der Waals surface area contributed by atoms with E-state index >= 15 is 0 Å². The fraction of sp³-hybridized carbons (Fsp3) is 0.286. The average Bonchev–Trinajstić information content (AvgIpc) is 2.71. The van der Waals surface area contributed by atoms with Crippen LogP contribution in [0, 0.1) is 0 Å². The normalized spacial score (nSPS) is 10.3. The van der Waals surface area contributed by atoms with Gasteiger partial charge in [-0.3, -0.25) is 19.2 Å². The number of hydrogen-bond acceptors (Lipinski definition) is 10. The molecule has 6 N–H and O–H groups in total. The number of rotatable bonds is 6. The molecule has 0 spiro atoms. The maximum atomic E-state index is 10.4. The Labute approximate surface area is 270 Å². The van der Waals surface area contributed by atoms with Crippen molar-refractivity contribution in [2.24, 2.45) is 0 Å². The Balaban J connectivity index is -0.0000000977. The quantitative estimate of drug-likeness (QED) is 0.124. The SMILES string of the molecule is CC(=O)/C=C(/C)O.CC(=O)/C=C(/C)O.CC(=O)/C=C(/C)O.CC(=O)/C=C(/C)O.O=C(O)c1cccc(C(=O)O)c1.[Ru].[Ru]. The van der Waals surface area contributed by atoms with Gasteiger partial charge in [0.25, 0.3) is 0 Å². The molecule has 0 aromatic heterocycles. The maximum Gasteiger partial charge on any atom is 0.335 e. The molecule has 0 aliphatic carbocycles. The fourth-order valence-electron chi connectivity index (χ4n) is 1.96. The van der Waals surface area contributed by atoms with E-state index in [1.165, 1.54) is 97.9 Å². The number of carboxylic acid groups (broad SMARTS) is 2. The number of allylic oxidation sites excluding steroid dienone is 8. The largest absolute Gasteiger partial charge is 0.512 e. The molecule has 0 radical (unpaired) electrons. The first-order chi connectivity index (χ1) is 18.1. The van der Waals surface area contributed by atoms with Gasteiger partial charge in [0.1, 0.15) is 0 Å². The van der Waals surface area contributed by atoms with Gasteiger partial charge in [-0.2, -0.15) is 0 Å². The molecule has 1 rings (SSSR count). The van der Waals surface area contributed by atoms with Crippen LogP contribution < -0.4 is 0 Å². The second kappa shape index (κ2) is 30.2. The predicted octanol–water partition coefficient (Wildman–Crippen LogP) is 5.23. The molecule has 0 saturated heterocycles. The Kier molecular flexibility index (Phi) is 36.7. The van der Waals surface area contributed by atoms with E-state index < -0.39 is 11.9 Å². The smallest absolute Gasteiger partial charge is 0.335 e. The number of benzene rings is 1. The number of aliphatic hydroxyl groups excluding tert-OH is 4. The molecule has 0 fully saturated rings. The summed E-state index contributed by atoms with van der Waals surface area (Å²) < 4.78 is 0. The molecule has 0 heterocycles. The predicted molar refractivity (Wildman–Crippen MR) is 149 cm³/mol. The molecule has 14 heteroatoms. The minimum absolute atomic E-state index is 0. The van der Waals surface area contributed by atoms with Crippen LogP contribution in [0.2, 0.25) is 0 Å². The van der Waals surface area contributed by atoms with Gasteiger partial charge in [-0.25, -0.2) is 9.59 Å². The zero-order valence-corrected chi connectivity index (χ0v) is 27.9. The third-order valence-corrected chi connectivity index (χ3v) is 3.01. The molecule has 0 atom stereocenters. The maximum absolute atomic E-state index is 10.4. The zero-order valence-electron chi connectivity index (χ0n) is 24.5. The van der Waals surface area contributed by atoms with Gasteiger partial charge in [-0.1, -0.05) is 6.07 Å². The van der Waals surface area contributed by atoms with E-state index in [2.05, 4.69) is 0 Å². The van der Waals surface area contributed by atoms with E-state index in [-0.39, 0.29) is 96.3 Å². The van der Waals surface area contributed by atoms with Crippen molar-refractivity contribution in [3.63, 3.8) is 0 Å². The van der Waals surface area contributed by atoms with E-state index in [9.17, 15) is 28.8 Å². The molecular weight excluding hydrogens is 730 g/mol. The molecule has 42 heavy (non-hydrogen) atoms. The molecule has 238 valence electrons. The first-order valence-electron chi connectivity index (χ1n) is 11.2. The van der Waals surface area contributed by atoms with E-state index in [0.29, 0.717) is 0 Å². The number of carbonyl (C=O) groups excluding carboxylic acids is 4. The van der Waals surface area contributed by atoms with Gasteiger partial charge in [0.15, 0.2) is 23.1 Å². The summed E-state index contributed by atoms with van der Waals surface area (Å²) in [5.74, 6) is -2.50. The molecule has 0 unspecified atom stereocenters. The zero-order chi connectivity index (χ0) is 32.6. The number of carbonyl (C=O) groups is 6. The van der Waals surface area contributed by atoms with E-state index in [1.807, 2.05) is 0 Å². The van der Waals surface area contributed by atoms with Crippen LogP contribution in [0.15, 0.2) is 71.6 Å². The van der Waals surface area contributed by atoms with E-state index in [0.717, 1.165) is 6.07 Å². The van der Waals surface area contributed by atoms with Crippen LogP contribution >= 0.6 is 0 Å². The minimum atomic E-state index is -1.13. The summed E-state index contributed by atoms with van der Waals surface area (Å²) in [5.41, 5.74) is -0.0372. The van der Waals surface area contributed by atoms with Crippen LogP contribution in [0.3, 0.4) is 0 Å². The number of carboxylic acids is 2. The van der Waals surface area contributed by atoms with Crippen LogP contribution in [0.5, 0.6) is 0 Å². The minimum Gasteiger partial charge on any atom is -0.512 e. The van der Waals surface area contributed by atoms with Crippen molar-refractivity contribution in [3.05, 3.63) is 82.7 Å². The molecule has 0 bridgehead atoms. The Hall–Kier alpha value is -3.75. The summed E-state index contributed by atoms with van der Waals surface area (Å²) >= 11 is 0. The van der Waals surface area contributed by atoms with Crippen LogP contribution in [0.4, 0.5) is 0 Å². The summed E-state index contributed by atoms with van der Waals surface area (Å²) in [6.45, 7) is 11.4. The van der Waals surface area contributed by atoms with Crippen molar-refractivity contribution < 1.29 is 98.4 Å². The Morgan fingerprint density at radius 1 is 0.452 bits per heavy atom. The van der Waals surface area contributed by atoms with E-state index in [1.54, 1.807) is 0 Å². The molecule has 1 aromatic carbocycles. The van der Waals surface area contributed by atoms with Gasteiger partial charge in [0.2, 0.25) is 0 Å². The monoisotopic (exact) mass is 770 g/mol. The van der Waals surface area contributed by atoms with Crippen molar-refractivity contribution in [3.8, 4) is 0 Å². The van der Waals surface area contributed by atoms with Crippen LogP contribution in [0.1, 0.15) is 76.1 Å². The van der Waals surface area contributed by atoms with Gasteiger partial charge in [-0.05, 0) is 73.6 Å². The number of aliphatic hydroxyl groups is 4. The average molecular weight is 769 g/mol. The van der Waals surface area contributed by atoms with Crippen LogP contribution in [-0.2, 0) is 58.1 Å². The van der Waals surface area contributed by atoms with Crippen molar-refractivity contribution in [2.75, 3.05) is 0 Å². The standard InChI is InChI=1S/C8H6O4.4C5H8O2.2Ru/c9-7(10)5-2-1-3-6(4-5)8(11)12;4*1-4(6)3-5(2)7;;/h1-4H,(H,9,10)(H,11,12);4*3,6H,1-2H3;;/b;4*4-3-;;. The summed E-state index contributed by atoms with van der Waals surface area (Å²) in [4.78, 5) is 60.8. The number of ketones is 4. The third-order valence-electron chi connectivity index (χ3n) is 3.01. The number of hydrogen-bond donors (Lipinski definition) is 6. The third kappa shape index (κ3) is 49.2. The topological polar surface area (TPSA) is 224 Å². The summed E-state index contributed by atoms with van der Waals surface area (Å²) in [6, 6.07) is 5.20. The van der Waals surface area contributed by atoms with Crippen LogP contribution in [-0.4, -0.2) is 65.7 Å². The Bertz CT molecular complexity index is 990. The summed E-state index contributed by atoms with van der Waals surface area (Å²) in [5, 5.41) is 50.4. The van der Waals surface area contributed by atoms with Gasteiger partial charge >= 0.3 is 11.9 Å². The van der Waals surface area contributed by atoms with Gasteiger partial charge in [0, 0.05) is 63.3 Å². The Morgan fingerprint density at radius 3 is 0.738 bits per heavy atom. The molecule has 1 aromatic rings. The fourth-order valence-corrected chi connectivity index (χ4v) is 1.96. The summed E-state index contributed by atoms with van der Waals surface area (Å²) in [6.07, 6.45) is 4.67. The van der Waals surface area contributed by atoms with Crippen molar-refractivity contribution >= 4 is 35.1 Å². The molecular formula is C28H38O12Ru2. The van der Waals surface area contributed by atoms with E-state index in [4.69, 9.17) is 30.6 Å². The van der Waals surface area contributed by atoms with Crippen molar-refractivity contribution in [2.45, 2.75) is 55.4 Å². The van der Waals surface area contributed by atoms with Gasteiger partial charge < -0.3 is 30.6 Å². The van der Waals surface area contributed by atoms with Gasteiger partial charge in [0.05, 0.1) is 34.2 Å². The van der Waals surface area contributed by atoms with Crippen LogP contribution in [0.25, 0.3) is 0 Å². The first kappa shape index (κ1) is 51.0. The second-order valence-electron chi connectivity index (χ2n) is 7.78. The number of aromatic carboxylic acids is 2. The van der Waals surface area contributed by atoms with Crippen molar-refractivity contribution in [1.82, 2.24) is 0 Å². The second-order valence-corrected chi connectivity index (χ2v) is 7.78. The summed E-state index contributed by atoms with van der Waals surface area (Å²) in [7, 11) is 0. The van der Waals surface area contributed by atoms with Gasteiger partial charge in [-0.15, -0.1) is 0 Å². The first-order valence-corrected chi connectivity index (χ1v) is 11.2. The van der Waals surface area contributed by atoms with Crippen molar-refractivity contribution in [1.29, 1.82) is 0 Å². The molecule has 0 saturated carbocycles. The molecule has 12 nitrogen and oxygen atoms in total. The molecule has 0 aliphatic heterocycles.